The summed E-state index contributed by atoms with van der Waals surface area (Å²) in [4.78, 5) is 37.7. The fraction of sp³-hybridized carbons (Fsp3) is 0.208. The van der Waals surface area contributed by atoms with Crippen LogP contribution in [0.5, 0.6) is 0 Å². The van der Waals surface area contributed by atoms with Crippen molar-refractivity contribution < 1.29 is 14.3 Å². The number of carbonyl (C=O) groups excluding carboxylic acids is 2. The van der Waals surface area contributed by atoms with Crippen LogP contribution in [0.2, 0.25) is 0 Å². The largest absolute Gasteiger partial charge is 0.453 e. The van der Waals surface area contributed by atoms with E-state index >= 15 is 0 Å². The summed E-state index contributed by atoms with van der Waals surface area (Å²) in [5.74, 6) is -0.477. The van der Waals surface area contributed by atoms with Gasteiger partial charge in [0, 0.05) is 40.4 Å². The highest BCUT2D eigenvalue weighted by atomic mass is 32.1. The summed E-state index contributed by atoms with van der Waals surface area (Å²) >= 11 is 1.24. The molecule has 0 unspecified atom stereocenters. The van der Waals surface area contributed by atoms with Crippen molar-refractivity contribution in [2.45, 2.75) is 27.7 Å². The van der Waals surface area contributed by atoms with Gasteiger partial charge in [-0.15, -0.1) is 11.3 Å². The Hall–Kier alpha value is -3.65. The van der Waals surface area contributed by atoms with Crippen molar-refractivity contribution in [3.63, 3.8) is 0 Å². The van der Waals surface area contributed by atoms with Gasteiger partial charge in [-0.2, -0.15) is 0 Å². The van der Waals surface area contributed by atoms with Gasteiger partial charge in [-0.05, 0) is 63.1 Å². The molecule has 0 bridgehead atoms. The number of hydrogen-bond donors (Lipinski definition) is 0. The first-order chi connectivity index (χ1) is 15.3. The molecule has 0 amide bonds. The Morgan fingerprint density at radius 1 is 1.03 bits per heavy atom. The summed E-state index contributed by atoms with van der Waals surface area (Å²) in [7, 11) is 0. The van der Waals surface area contributed by atoms with E-state index in [1.54, 1.807) is 23.8 Å². The van der Waals surface area contributed by atoms with E-state index < -0.39 is 5.97 Å². The fourth-order valence-corrected chi connectivity index (χ4v) is 4.20. The molecule has 0 fully saturated rings. The molecule has 0 aliphatic rings. The number of ether oxygens (including phenoxy) is 1. The Morgan fingerprint density at radius 3 is 2.50 bits per heavy atom. The zero-order valence-corrected chi connectivity index (χ0v) is 19.1. The third-order valence-electron chi connectivity index (χ3n) is 5.28. The SMILES string of the molecule is Cc1ccc(-n2c(C)cc(C(=O)COC(=O)c3csc(-c4ncccn4)n3)c2C)cc1C. The van der Waals surface area contributed by atoms with E-state index in [0.717, 1.165) is 17.1 Å². The Labute approximate surface area is 189 Å². The molecule has 0 atom stereocenters. The van der Waals surface area contributed by atoms with Crippen LogP contribution in [-0.4, -0.2) is 37.9 Å². The topological polar surface area (TPSA) is 87.0 Å². The van der Waals surface area contributed by atoms with Gasteiger partial charge in [0.1, 0.15) is 0 Å². The second-order valence-corrected chi connectivity index (χ2v) is 8.36. The molecule has 0 saturated carbocycles. The molecule has 162 valence electrons. The molecule has 0 saturated heterocycles. The van der Waals surface area contributed by atoms with Crippen LogP contribution in [0.1, 0.15) is 43.4 Å². The number of nitrogens with zero attached hydrogens (tertiary/aromatic N) is 4. The lowest BCUT2D eigenvalue weighted by atomic mass is 10.1. The van der Waals surface area contributed by atoms with Crippen LogP contribution >= 0.6 is 11.3 Å². The molecule has 32 heavy (non-hydrogen) atoms. The van der Waals surface area contributed by atoms with Gasteiger partial charge >= 0.3 is 5.97 Å². The predicted octanol–water partition coefficient (Wildman–Crippen LogP) is 4.66. The minimum atomic E-state index is -0.653. The number of Topliss-reactive ketones (excluding diaryl/α,β-unsaturated/α-hetero) is 1. The van der Waals surface area contributed by atoms with Crippen LogP contribution in [0.25, 0.3) is 16.5 Å². The van der Waals surface area contributed by atoms with Gasteiger partial charge in [-0.3, -0.25) is 4.79 Å². The van der Waals surface area contributed by atoms with Gasteiger partial charge in [-0.25, -0.2) is 19.7 Å². The third-order valence-corrected chi connectivity index (χ3v) is 6.12. The Balaban J connectivity index is 1.47. The lowest BCUT2D eigenvalue weighted by Crippen LogP contribution is -2.15. The van der Waals surface area contributed by atoms with Crippen molar-refractivity contribution in [3.05, 3.63) is 81.9 Å². The summed E-state index contributed by atoms with van der Waals surface area (Å²) in [5, 5.41) is 2.09. The van der Waals surface area contributed by atoms with Crippen LogP contribution in [0.15, 0.2) is 48.1 Å². The maximum absolute atomic E-state index is 12.8. The number of aromatic nitrogens is 4. The van der Waals surface area contributed by atoms with E-state index in [1.807, 2.05) is 30.5 Å². The molecule has 3 aromatic heterocycles. The molecule has 3 heterocycles. The minimum Gasteiger partial charge on any atom is -0.453 e. The Bertz CT molecular complexity index is 1310. The highest BCUT2D eigenvalue weighted by Gasteiger charge is 2.20. The average Bonchev–Trinajstić information content (AvgIpc) is 3.39. The van der Waals surface area contributed by atoms with Gasteiger partial charge in [0.2, 0.25) is 5.78 Å². The molecule has 1 aromatic carbocycles. The number of aryl methyl sites for hydroxylation is 3. The molecular weight excluding hydrogens is 424 g/mol. The predicted molar refractivity (Wildman–Crippen MR) is 122 cm³/mol. The molecule has 0 spiro atoms. The summed E-state index contributed by atoms with van der Waals surface area (Å²) in [6.07, 6.45) is 3.21. The van der Waals surface area contributed by atoms with Crippen molar-refractivity contribution in [2.75, 3.05) is 6.61 Å². The van der Waals surface area contributed by atoms with Gasteiger partial charge in [0.25, 0.3) is 0 Å². The second-order valence-electron chi connectivity index (χ2n) is 7.50. The number of thiazole rings is 1. The molecule has 0 aliphatic carbocycles. The van der Waals surface area contributed by atoms with Gasteiger partial charge in [0.05, 0.1) is 0 Å². The monoisotopic (exact) mass is 446 g/mol. The number of ketones is 1. The number of hydrogen-bond acceptors (Lipinski definition) is 7. The first-order valence-electron chi connectivity index (χ1n) is 10.0. The van der Waals surface area contributed by atoms with Crippen LogP contribution in [-0.2, 0) is 4.74 Å². The molecule has 7 nitrogen and oxygen atoms in total. The van der Waals surface area contributed by atoms with E-state index in [2.05, 4.69) is 40.9 Å². The maximum Gasteiger partial charge on any atom is 0.358 e. The highest BCUT2D eigenvalue weighted by Crippen LogP contribution is 2.24. The molecule has 0 radical (unpaired) electrons. The molecule has 8 heteroatoms. The summed E-state index contributed by atoms with van der Waals surface area (Å²) in [5.41, 5.74) is 5.80. The number of carbonyl (C=O) groups is 2. The first-order valence-corrected chi connectivity index (χ1v) is 10.9. The van der Waals surface area contributed by atoms with Crippen molar-refractivity contribution in [1.29, 1.82) is 0 Å². The number of esters is 1. The van der Waals surface area contributed by atoms with E-state index in [0.29, 0.717) is 16.4 Å². The maximum atomic E-state index is 12.8. The summed E-state index contributed by atoms with van der Waals surface area (Å²) in [6, 6.07) is 9.73. The fourth-order valence-electron chi connectivity index (χ4n) is 3.47. The molecule has 4 aromatic rings. The smallest absolute Gasteiger partial charge is 0.358 e. The van der Waals surface area contributed by atoms with Crippen LogP contribution in [0.4, 0.5) is 0 Å². The van der Waals surface area contributed by atoms with Gasteiger partial charge < -0.3 is 9.30 Å². The van der Waals surface area contributed by atoms with Gasteiger partial charge in [-0.1, -0.05) is 6.07 Å². The second kappa shape index (κ2) is 8.84. The van der Waals surface area contributed by atoms with Gasteiger partial charge in [0.15, 0.2) is 23.1 Å². The Kier molecular flexibility index (Phi) is 5.96. The summed E-state index contributed by atoms with van der Waals surface area (Å²) < 4.78 is 7.28. The minimum absolute atomic E-state index is 0.130. The summed E-state index contributed by atoms with van der Waals surface area (Å²) in [6.45, 7) is 7.62. The zero-order chi connectivity index (χ0) is 22.8. The van der Waals surface area contributed by atoms with Crippen molar-refractivity contribution in [2.24, 2.45) is 0 Å². The Morgan fingerprint density at radius 2 is 1.78 bits per heavy atom. The zero-order valence-electron chi connectivity index (χ0n) is 18.2. The van der Waals surface area contributed by atoms with E-state index in [-0.39, 0.29) is 18.1 Å². The molecule has 4 rings (SSSR count). The number of rotatable bonds is 6. The first kappa shape index (κ1) is 21.6. The van der Waals surface area contributed by atoms with E-state index in [9.17, 15) is 9.59 Å². The third kappa shape index (κ3) is 4.22. The lowest BCUT2D eigenvalue weighted by molar-refractivity contribution is 0.0469. The normalized spacial score (nSPS) is 10.9. The van der Waals surface area contributed by atoms with Crippen molar-refractivity contribution in [3.8, 4) is 16.5 Å². The van der Waals surface area contributed by atoms with Crippen LogP contribution in [0.3, 0.4) is 0 Å². The van der Waals surface area contributed by atoms with Crippen LogP contribution < -0.4 is 0 Å². The molecule has 0 aliphatic heterocycles. The highest BCUT2D eigenvalue weighted by molar-refractivity contribution is 7.13. The van der Waals surface area contributed by atoms with E-state index in [4.69, 9.17) is 4.74 Å². The van der Waals surface area contributed by atoms with Crippen molar-refractivity contribution >= 4 is 23.1 Å². The van der Waals surface area contributed by atoms with Crippen LogP contribution in [0, 0.1) is 27.7 Å². The molecular formula is C24H22N4O3S. The standard InChI is InChI=1S/C24H22N4O3S/c1-14-6-7-18(10-15(14)2)28-16(3)11-19(17(28)4)21(29)12-31-24(30)20-13-32-23(27-20)22-25-8-5-9-26-22/h5-11,13H,12H2,1-4H3. The quantitative estimate of drug-likeness (QED) is 0.316. The molecule has 0 N–H and O–H groups in total. The van der Waals surface area contributed by atoms with Crippen molar-refractivity contribution in [1.82, 2.24) is 19.5 Å². The van der Waals surface area contributed by atoms with E-state index in [1.165, 1.54) is 22.5 Å². The number of benzene rings is 1. The average molecular weight is 447 g/mol. The lowest BCUT2D eigenvalue weighted by Gasteiger charge is -2.12.